The summed E-state index contributed by atoms with van der Waals surface area (Å²) >= 11 is 1.74. The van der Waals surface area contributed by atoms with Gasteiger partial charge >= 0.3 is 41.9 Å². The van der Waals surface area contributed by atoms with Crippen molar-refractivity contribution in [2.75, 3.05) is 0 Å². The van der Waals surface area contributed by atoms with Gasteiger partial charge in [0, 0.05) is 0 Å². The van der Waals surface area contributed by atoms with Crippen LogP contribution in [-0.4, -0.2) is 5.43 Å². The fraction of sp³-hybridized carbons (Fsp3) is 0.269. The Labute approximate surface area is 350 Å². The van der Waals surface area contributed by atoms with E-state index < -0.39 is 0 Å². The molecule has 8 aromatic rings. The zero-order valence-electron chi connectivity index (χ0n) is 35.9. The Bertz CT molecular complexity index is 2480. The molecule has 8 rings (SSSR count). The molecule has 0 aliphatic rings. The SMILES string of the molecule is C[Si](C)=[Zr+2].Cc1cc(-c2cc3c(-c4cc(C)c(C)c(C)c4)c(C)ccc3[cH-]2)oc1C.Cc1cc(-c2cc3c(-c4cc(C)c(C)c(C)c4)c(C)ccc3[cH-]2)oc1C. The summed E-state index contributed by atoms with van der Waals surface area (Å²) in [5.74, 6) is 3.89. The maximum Gasteiger partial charge on any atom is 0.0925 e. The van der Waals surface area contributed by atoms with Crippen LogP contribution in [0.25, 0.3) is 66.4 Å². The van der Waals surface area contributed by atoms with E-state index in [0.717, 1.165) is 34.2 Å². The van der Waals surface area contributed by atoms with E-state index in [1.165, 1.54) is 99.4 Å². The second-order valence-corrected chi connectivity index (χ2v) is 25.6. The molecule has 2 nitrogen and oxygen atoms in total. The van der Waals surface area contributed by atoms with Crippen LogP contribution in [0, 0.1) is 83.1 Å². The van der Waals surface area contributed by atoms with Crippen molar-refractivity contribution in [1.82, 2.24) is 0 Å². The zero-order valence-corrected chi connectivity index (χ0v) is 39.4. The summed E-state index contributed by atoms with van der Waals surface area (Å²) in [6, 6.07) is 31.5. The fourth-order valence-corrected chi connectivity index (χ4v) is 7.62. The van der Waals surface area contributed by atoms with Crippen LogP contribution in [0.1, 0.15) is 67.2 Å². The van der Waals surface area contributed by atoms with Crippen molar-refractivity contribution in [2.24, 2.45) is 0 Å². The number of fused-ring (bicyclic) bond motifs is 2. The minimum absolute atomic E-state index is 0.210. The third-order valence-electron chi connectivity index (χ3n) is 11.5. The molecule has 0 atom stereocenters. The van der Waals surface area contributed by atoms with E-state index in [2.05, 4.69) is 167 Å². The maximum atomic E-state index is 5.96. The molecule has 0 radical (unpaired) electrons. The smallest absolute Gasteiger partial charge is 0.0925 e. The molecule has 2 heterocycles. The van der Waals surface area contributed by atoms with Crippen LogP contribution >= 0.6 is 0 Å². The molecular weight excluding hydrogens is 776 g/mol. The van der Waals surface area contributed by atoms with E-state index in [-0.39, 0.29) is 5.43 Å². The molecule has 4 heteroatoms. The number of hydrogen-bond donors (Lipinski definition) is 0. The van der Waals surface area contributed by atoms with Crippen molar-refractivity contribution in [3.8, 4) is 44.9 Å². The third kappa shape index (κ3) is 8.53. The monoisotopic (exact) mass is 830 g/mol. The van der Waals surface area contributed by atoms with Crippen molar-refractivity contribution >= 4 is 27.0 Å². The van der Waals surface area contributed by atoms with Gasteiger partial charge < -0.3 is 8.83 Å². The van der Waals surface area contributed by atoms with Gasteiger partial charge in [-0.25, -0.2) is 0 Å². The van der Waals surface area contributed by atoms with Gasteiger partial charge in [-0.1, -0.05) is 58.7 Å². The summed E-state index contributed by atoms with van der Waals surface area (Å²) in [6.45, 7) is 30.5. The molecule has 0 spiro atoms. The first-order valence-electron chi connectivity index (χ1n) is 19.7. The van der Waals surface area contributed by atoms with Crippen LogP contribution in [0.15, 0.2) is 93.8 Å². The average molecular weight is 832 g/mol. The molecule has 0 aliphatic carbocycles. The minimum atomic E-state index is 0.210. The van der Waals surface area contributed by atoms with Crippen molar-refractivity contribution in [3.63, 3.8) is 0 Å². The summed E-state index contributed by atoms with van der Waals surface area (Å²) in [7, 11) is 0. The van der Waals surface area contributed by atoms with E-state index in [1.54, 1.807) is 23.3 Å². The molecule has 0 fully saturated rings. The second-order valence-electron chi connectivity index (χ2n) is 16.2. The number of rotatable bonds is 4. The topological polar surface area (TPSA) is 26.3 Å². The second kappa shape index (κ2) is 16.7. The maximum absolute atomic E-state index is 5.96. The quantitative estimate of drug-likeness (QED) is 0.130. The number of benzene rings is 4. The molecule has 0 amide bonds. The molecule has 2 aromatic heterocycles. The first kappa shape index (κ1) is 41.4. The van der Waals surface area contributed by atoms with Gasteiger partial charge in [-0.3, -0.25) is 0 Å². The molecule has 0 unspecified atom stereocenters. The molecule has 56 heavy (non-hydrogen) atoms. The minimum Gasteiger partial charge on any atom is -0.496 e. The predicted octanol–water partition coefficient (Wildman–Crippen LogP) is 15.5. The van der Waals surface area contributed by atoms with E-state index in [1.807, 2.05) is 13.8 Å². The molecule has 6 aromatic carbocycles. The van der Waals surface area contributed by atoms with Crippen molar-refractivity contribution < 1.29 is 32.2 Å². The Hall–Kier alpha value is -4.24. The van der Waals surface area contributed by atoms with Crippen LogP contribution in [-0.2, 0) is 23.3 Å². The summed E-state index contributed by atoms with van der Waals surface area (Å²) in [5, 5.41) is 5.13. The Morgan fingerprint density at radius 3 is 1.04 bits per heavy atom. The van der Waals surface area contributed by atoms with Crippen LogP contribution in [0.3, 0.4) is 0 Å². The van der Waals surface area contributed by atoms with Crippen molar-refractivity contribution in [1.29, 1.82) is 0 Å². The van der Waals surface area contributed by atoms with E-state index >= 15 is 0 Å². The Morgan fingerprint density at radius 1 is 0.429 bits per heavy atom. The van der Waals surface area contributed by atoms with Crippen LogP contribution < -0.4 is 0 Å². The largest absolute Gasteiger partial charge is 0.496 e. The third-order valence-corrected chi connectivity index (χ3v) is 11.5. The van der Waals surface area contributed by atoms with Crippen LogP contribution in [0.4, 0.5) is 0 Å². The Morgan fingerprint density at radius 2 is 0.750 bits per heavy atom. The number of furan rings is 2. The molecule has 284 valence electrons. The summed E-state index contributed by atoms with van der Waals surface area (Å²) in [6.07, 6.45) is 0. The fourth-order valence-electron chi connectivity index (χ4n) is 7.62. The van der Waals surface area contributed by atoms with Gasteiger partial charge in [0.1, 0.15) is 0 Å². The molecular formula is C52H56O2SiZr. The van der Waals surface area contributed by atoms with Gasteiger partial charge in [0.15, 0.2) is 0 Å². The average Bonchev–Trinajstić information content (AvgIpc) is 3.91. The molecule has 0 saturated carbocycles. The van der Waals surface area contributed by atoms with Crippen LogP contribution in [0.2, 0.25) is 13.1 Å². The van der Waals surface area contributed by atoms with Gasteiger partial charge in [0.2, 0.25) is 0 Å². The number of hydrogen-bond acceptors (Lipinski definition) is 2. The van der Waals surface area contributed by atoms with Gasteiger partial charge in [0.05, 0.1) is 23.0 Å². The van der Waals surface area contributed by atoms with Gasteiger partial charge in [-0.05, 0) is 162 Å². The molecule has 0 bridgehead atoms. The van der Waals surface area contributed by atoms with E-state index in [0.29, 0.717) is 0 Å². The summed E-state index contributed by atoms with van der Waals surface area (Å²) < 4.78 is 11.9. The number of aryl methyl sites for hydroxylation is 10. The molecule has 0 N–H and O–H groups in total. The van der Waals surface area contributed by atoms with E-state index in [9.17, 15) is 0 Å². The van der Waals surface area contributed by atoms with Gasteiger partial charge in [0.25, 0.3) is 0 Å². The first-order valence-corrected chi connectivity index (χ1v) is 25.8. The van der Waals surface area contributed by atoms with Crippen LogP contribution in [0.5, 0.6) is 0 Å². The normalized spacial score (nSPS) is 11.1. The summed E-state index contributed by atoms with van der Waals surface area (Å²) in [5.41, 5.74) is 21.0. The van der Waals surface area contributed by atoms with Gasteiger partial charge in [-0.15, -0.1) is 57.9 Å². The first-order chi connectivity index (χ1) is 26.4. The Balaban J connectivity index is 0.000000174. The molecule has 0 saturated heterocycles. The van der Waals surface area contributed by atoms with Gasteiger partial charge in [-0.2, -0.15) is 0 Å². The van der Waals surface area contributed by atoms with Crippen molar-refractivity contribution in [2.45, 2.75) is 96.2 Å². The standard InChI is InChI=1S/2C25H25O.C2H6Si.Zr/c2*1-14-7-8-20-12-21(24-11-17(4)19(6)26-24)13-23(20)25(14)22-9-15(2)18(5)16(3)10-22;1-3-2;/h2*7-13H,1-6H3;1-2H3;/q2*-1;;+2. The Kier molecular flexibility index (Phi) is 12.3. The van der Waals surface area contributed by atoms with E-state index in [4.69, 9.17) is 8.83 Å². The molecule has 0 aliphatic heterocycles. The summed E-state index contributed by atoms with van der Waals surface area (Å²) in [4.78, 5) is 0. The zero-order chi connectivity index (χ0) is 40.7. The predicted molar refractivity (Wildman–Crippen MR) is 240 cm³/mol. The van der Waals surface area contributed by atoms with Crippen molar-refractivity contribution in [3.05, 3.63) is 152 Å².